The second-order valence-electron chi connectivity index (χ2n) is 2.54. The third-order valence-electron chi connectivity index (χ3n) is 1.83. The largest absolute Gasteiger partial charge is 0.384 e. The van der Waals surface area contributed by atoms with E-state index in [-0.39, 0.29) is 0 Å². The first-order valence-electron chi connectivity index (χ1n) is 3.95. The molecule has 2 heterocycles. The first-order valence-corrected chi connectivity index (χ1v) is 4.76. The van der Waals surface area contributed by atoms with Gasteiger partial charge in [0, 0.05) is 20.3 Å². The Labute approximate surface area is 80.0 Å². The zero-order valence-electron chi connectivity index (χ0n) is 7.46. The topological polar surface area (TPSA) is 49.8 Å². The zero-order chi connectivity index (χ0) is 9.26. The number of hydrogen-bond donors (Lipinski definition) is 2. The Balaban J connectivity index is 2.73. The molecule has 68 valence electrons. The maximum atomic E-state index is 4.22. The number of nitrogens with zero attached hydrogens (tertiary/aromatic N) is 2. The van der Waals surface area contributed by atoms with E-state index < -0.39 is 0 Å². The van der Waals surface area contributed by atoms with Crippen molar-refractivity contribution in [1.82, 2.24) is 9.97 Å². The summed E-state index contributed by atoms with van der Waals surface area (Å²) in [6.07, 6.45) is 3.39. The van der Waals surface area contributed by atoms with Gasteiger partial charge in [-0.1, -0.05) is 0 Å². The third-order valence-corrected chi connectivity index (χ3v) is 2.96. The molecule has 0 saturated carbocycles. The molecule has 2 N–H and O–H groups in total. The molecular weight excluding hydrogens is 184 g/mol. The van der Waals surface area contributed by atoms with E-state index in [4.69, 9.17) is 0 Å². The number of fused-ring (bicyclic) bond motifs is 1. The maximum Gasteiger partial charge on any atom is 0.116 e. The second kappa shape index (κ2) is 3.18. The average Bonchev–Trinajstić information content (AvgIpc) is 2.55. The molecule has 4 nitrogen and oxygen atoms in total. The predicted octanol–water partition coefficient (Wildman–Crippen LogP) is 1.77. The van der Waals surface area contributed by atoms with Crippen LogP contribution in [0, 0.1) is 0 Å². The van der Waals surface area contributed by atoms with E-state index >= 15 is 0 Å². The summed E-state index contributed by atoms with van der Waals surface area (Å²) in [5.41, 5.74) is 2.02. The lowest BCUT2D eigenvalue weighted by Crippen LogP contribution is -1.92. The van der Waals surface area contributed by atoms with E-state index in [1.807, 2.05) is 20.3 Å². The van der Waals surface area contributed by atoms with Crippen molar-refractivity contribution < 1.29 is 0 Å². The van der Waals surface area contributed by atoms with E-state index in [1.165, 1.54) is 0 Å². The summed E-state index contributed by atoms with van der Waals surface area (Å²) in [5, 5.41) is 7.35. The monoisotopic (exact) mass is 194 g/mol. The Bertz CT molecular complexity index is 423. The normalized spacial score (nSPS) is 10.3. The second-order valence-corrected chi connectivity index (χ2v) is 3.59. The molecule has 2 aromatic heterocycles. The van der Waals surface area contributed by atoms with Crippen molar-refractivity contribution in [3.63, 3.8) is 0 Å². The van der Waals surface area contributed by atoms with Crippen LogP contribution in [0.15, 0.2) is 12.5 Å². The van der Waals surface area contributed by atoms with Crippen molar-refractivity contribution >= 4 is 32.2 Å². The van der Waals surface area contributed by atoms with Crippen LogP contribution in [0.4, 0.5) is 10.7 Å². The Morgan fingerprint density at radius 1 is 1.31 bits per heavy atom. The van der Waals surface area contributed by atoms with Crippen LogP contribution in [0.1, 0.15) is 0 Å². The fourth-order valence-electron chi connectivity index (χ4n) is 1.26. The molecule has 2 aromatic rings. The van der Waals surface area contributed by atoms with Crippen molar-refractivity contribution in [3.8, 4) is 0 Å². The van der Waals surface area contributed by atoms with Crippen LogP contribution in [0.5, 0.6) is 0 Å². The fraction of sp³-hybridized carbons (Fsp3) is 0.250. The molecule has 0 fully saturated rings. The highest BCUT2D eigenvalue weighted by Gasteiger charge is 2.09. The van der Waals surface area contributed by atoms with Crippen LogP contribution < -0.4 is 10.6 Å². The molecule has 0 radical (unpaired) electrons. The molecule has 5 heteroatoms. The highest BCUT2D eigenvalue weighted by molar-refractivity contribution is 7.23. The Kier molecular flexibility index (Phi) is 2.02. The van der Waals surface area contributed by atoms with Crippen LogP contribution in [-0.4, -0.2) is 24.1 Å². The molecule has 0 aromatic carbocycles. The van der Waals surface area contributed by atoms with Crippen molar-refractivity contribution in [2.45, 2.75) is 0 Å². The smallest absolute Gasteiger partial charge is 0.116 e. The fourth-order valence-corrected chi connectivity index (χ4v) is 2.24. The van der Waals surface area contributed by atoms with E-state index in [2.05, 4.69) is 20.6 Å². The molecule has 13 heavy (non-hydrogen) atoms. The minimum Gasteiger partial charge on any atom is -0.384 e. The molecule has 0 spiro atoms. The quantitative estimate of drug-likeness (QED) is 0.765. The number of aromatic nitrogens is 2. The Morgan fingerprint density at radius 3 is 2.85 bits per heavy atom. The summed E-state index contributed by atoms with van der Waals surface area (Å²) in [6.45, 7) is 0. The molecule has 0 aliphatic heterocycles. The van der Waals surface area contributed by atoms with Gasteiger partial charge in [-0.3, -0.25) is 0 Å². The van der Waals surface area contributed by atoms with Gasteiger partial charge in [0.05, 0.1) is 10.4 Å². The number of hydrogen-bond acceptors (Lipinski definition) is 5. The summed E-state index contributed by atoms with van der Waals surface area (Å²) in [7, 11) is 3.80. The lowest BCUT2D eigenvalue weighted by atomic mass is 10.4. The molecule has 0 saturated heterocycles. The van der Waals surface area contributed by atoms with E-state index in [0.717, 1.165) is 20.9 Å². The van der Waals surface area contributed by atoms with Crippen LogP contribution in [-0.2, 0) is 0 Å². The summed E-state index contributed by atoms with van der Waals surface area (Å²) in [5.74, 6) is 0. The van der Waals surface area contributed by atoms with E-state index in [0.29, 0.717) is 0 Å². The number of rotatable bonds is 2. The average molecular weight is 194 g/mol. The lowest BCUT2D eigenvalue weighted by molar-refractivity contribution is 1.23. The Morgan fingerprint density at radius 2 is 2.15 bits per heavy atom. The van der Waals surface area contributed by atoms with Gasteiger partial charge < -0.3 is 10.6 Å². The number of anilines is 2. The van der Waals surface area contributed by atoms with Crippen LogP contribution in [0.25, 0.3) is 10.2 Å². The first-order chi connectivity index (χ1) is 6.36. The maximum absolute atomic E-state index is 4.22. The SMILES string of the molecule is CNc1sc2cncnc2c1NC. The summed E-state index contributed by atoms with van der Waals surface area (Å²) in [6, 6.07) is 0. The Hall–Kier alpha value is -1.36. The van der Waals surface area contributed by atoms with Crippen molar-refractivity contribution in [2.24, 2.45) is 0 Å². The molecule has 0 amide bonds. The molecule has 0 atom stereocenters. The highest BCUT2D eigenvalue weighted by atomic mass is 32.1. The lowest BCUT2D eigenvalue weighted by Gasteiger charge is -2.00. The molecule has 2 rings (SSSR count). The van der Waals surface area contributed by atoms with Crippen LogP contribution in [0.3, 0.4) is 0 Å². The van der Waals surface area contributed by atoms with E-state index in [9.17, 15) is 0 Å². The van der Waals surface area contributed by atoms with Gasteiger partial charge in [0.25, 0.3) is 0 Å². The number of thiophene rings is 1. The van der Waals surface area contributed by atoms with Crippen molar-refractivity contribution in [2.75, 3.05) is 24.7 Å². The molecule has 0 aliphatic carbocycles. The standard InChI is InChI=1S/C8H10N4S/c1-9-7-6-5(3-11-4-12-6)13-8(7)10-2/h3-4,9-10H,1-2H3. The first kappa shape index (κ1) is 8.25. The molecule has 0 unspecified atom stereocenters. The van der Waals surface area contributed by atoms with Crippen molar-refractivity contribution in [3.05, 3.63) is 12.5 Å². The van der Waals surface area contributed by atoms with Crippen LogP contribution >= 0.6 is 11.3 Å². The highest BCUT2D eigenvalue weighted by Crippen LogP contribution is 2.37. The van der Waals surface area contributed by atoms with Crippen LogP contribution in [0.2, 0.25) is 0 Å². The number of nitrogens with one attached hydrogen (secondary N) is 2. The summed E-state index contributed by atoms with van der Waals surface area (Å²) in [4.78, 5) is 8.20. The van der Waals surface area contributed by atoms with Gasteiger partial charge in [-0.2, -0.15) is 0 Å². The molecule has 0 aliphatic rings. The molecular formula is C8H10N4S. The third kappa shape index (κ3) is 1.21. The summed E-state index contributed by atoms with van der Waals surface area (Å²) < 4.78 is 1.09. The minimum absolute atomic E-state index is 0.979. The van der Waals surface area contributed by atoms with Gasteiger partial charge in [0.1, 0.15) is 16.8 Å². The van der Waals surface area contributed by atoms with Gasteiger partial charge in [-0.15, -0.1) is 11.3 Å². The van der Waals surface area contributed by atoms with Crippen molar-refractivity contribution in [1.29, 1.82) is 0 Å². The van der Waals surface area contributed by atoms with Gasteiger partial charge in [-0.25, -0.2) is 9.97 Å². The summed E-state index contributed by atoms with van der Waals surface area (Å²) >= 11 is 1.65. The van der Waals surface area contributed by atoms with Gasteiger partial charge in [-0.05, 0) is 0 Å². The zero-order valence-corrected chi connectivity index (χ0v) is 8.27. The predicted molar refractivity (Wildman–Crippen MR) is 56.5 cm³/mol. The van der Waals surface area contributed by atoms with Gasteiger partial charge in [0.2, 0.25) is 0 Å². The van der Waals surface area contributed by atoms with E-state index in [1.54, 1.807) is 17.7 Å². The minimum atomic E-state index is 0.979. The molecule has 0 bridgehead atoms. The van der Waals surface area contributed by atoms with Gasteiger partial charge in [0.15, 0.2) is 0 Å². The van der Waals surface area contributed by atoms with Gasteiger partial charge >= 0.3 is 0 Å².